The molecule has 1 aromatic heterocycles. The van der Waals surface area contributed by atoms with Crippen molar-refractivity contribution in [3.8, 4) is 0 Å². The molecule has 0 bridgehead atoms. The van der Waals surface area contributed by atoms with Crippen LogP contribution in [0.1, 0.15) is 17.3 Å². The van der Waals surface area contributed by atoms with Gasteiger partial charge in [0.2, 0.25) is 0 Å². The number of pyridine rings is 1. The first-order valence-electron chi connectivity index (χ1n) is 6.42. The molecule has 0 spiro atoms. The number of carbonyl (C=O) groups is 1. The van der Waals surface area contributed by atoms with Gasteiger partial charge in [-0.3, -0.25) is 4.79 Å². The molecule has 0 atom stereocenters. The van der Waals surface area contributed by atoms with Crippen LogP contribution >= 0.6 is 0 Å². The number of hydrogen-bond acceptors (Lipinski definition) is 4. The SMILES string of the molecule is CCS(=O)(=O)CCn1c(=O)cc(C(=O)O)c2ccccc21. The molecule has 0 saturated carbocycles. The zero-order valence-corrected chi connectivity index (χ0v) is 12.3. The Morgan fingerprint density at radius 1 is 1.29 bits per heavy atom. The Morgan fingerprint density at radius 3 is 2.57 bits per heavy atom. The third kappa shape index (κ3) is 3.13. The normalized spacial score (nSPS) is 11.7. The van der Waals surface area contributed by atoms with Crippen molar-refractivity contribution in [2.75, 3.05) is 11.5 Å². The molecule has 0 aliphatic rings. The molecule has 0 amide bonds. The van der Waals surface area contributed by atoms with Gasteiger partial charge in [0.1, 0.15) is 0 Å². The van der Waals surface area contributed by atoms with Crippen LogP contribution in [0.5, 0.6) is 0 Å². The first-order chi connectivity index (χ1) is 9.85. The minimum Gasteiger partial charge on any atom is -0.478 e. The minimum absolute atomic E-state index is 0.00684. The molecular weight excluding hydrogens is 294 g/mol. The monoisotopic (exact) mass is 309 g/mol. The van der Waals surface area contributed by atoms with E-state index in [0.29, 0.717) is 10.9 Å². The molecular formula is C14H15NO5S. The van der Waals surface area contributed by atoms with Crippen LogP contribution < -0.4 is 5.56 Å². The number of aromatic carboxylic acids is 1. The molecule has 7 heteroatoms. The highest BCUT2D eigenvalue weighted by atomic mass is 32.2. The molecule has 6 nitrogen and oxygen atoms in total. The lowest BCUT2D eigenvalue weighted by molar-refractivity contribution is 0.0698. The third-order valence-corrected chi connectivity index (χ3v) is 5.00. The molecule has 1 aromatic carbocycles. The van der Waals surface area contributed by atoms with Crippen molar-refractivity contribution in [2.45, 2.75) is 13.5 Å². The van der Waals surface area contributed by atoms with Crippen molar-refractivity contribution in [1.82, 2.24) is 4.57 Å². The Bertz CT molecular complexity index is 851. The van der Waals surface area contributed by atoms with Gasteiger partial charge in [0.15, 0.2) is 9.84 Å². The fourth-order valence-electron chi connectivity index (χ4n) is 2.12. The van der Waals surface area contributed by atoms with Gasteiger partial charge in [0, 0.05) is 23.8 Å². The Hall–Kier alpha value is -2.15. The molecule has 0 saturated heterocycles. The second-order valence-electron chi connectivity index (χ2n) is 4.61. The van der Waals surface area contributed by atoms with Crippen LogP contribution in [0.25, 0.3) is 10.9 Å². The summed E-state index contributed by atoms with van der Waals surface area (Å²) < 4.78 is 24.5. The summed E-state index contributed by atoms with van der Waals surface area (Å²) in [4.78, 5) is 23.3. The lowest BCUT2D eigenvalue weighted by Gasteiger charge is -2.11. The molecule has 2 aromatic rings. The van der Waals surface area contributed by atoms with Crippen LogP contribution in [-0.4, -0.2) is 35.6 Å². The number of para-hydroxylation sites is 1. The van der Waals surface area contributed by atoms with Gasteiger partial charge in [-0.2, -0.15) is 0 Å². The lowest BCUT2D eigenvalue weighted by atomic mass is 10.1. The summed E-state index contributed by atoms with van der Waals surface area (Å²) in [5, 5.41) is 9.57. The van der Waals surface area contributed by atoms with Gasteiger partial charge in [-0.1, -0.05) is 25.1 Å². The molecule has 21 heavy (non-hydrogen) atoms. The first kappa shape index (κ1) is 15.2. The smallest absolute Gasteiger partial charge is 0.336 e. The highest BCUT2D eigenvalue weighted by Gasteiger charge is 2.15. The van der Waals surface area contributed by atoms with Crippen molar-refractivity contribution in [3.05, 3.63) is 46.2 Å². The molecule has 112 valence electrons. The van der Waals surface area contributed by atoms with E-state index in [1.807, 2.05) is 0 Å². The number of aromatic nitrogens is 1. The van der Waals surface area contributed by atoms with Gasteiger partial charge in [-0.15, -0.1) is 0 Å². The molecule has 0 aliphatic carbocycles. The molecule has 1 heterocycles. The van der Waals surface area contributed by atoms with E-state index in [-0.39, 0.29) is 23.6 Å². The predicted octanol–water partition coefficient (Wildman–Crippen LogP) is 1.13. The highest BCUT2D eigenvalue weighted by molar-refractivity contribution is 7.91. The molecule has 0 fully saturated rings. The maximum absolute atomic E-state index is 12.1. The van der Waals surface area contributed by atoms with Crippen LogP contribution in [0.2, 0.25) is 0 Å². The number of rotatable bonds is 5. The number of nitrogens with zero attached hydrogens (tertiary/aromatic N) is 1. The molecule has 1 N–H and O–H groups in total. The van der Waals surface area contributed by atoms with Crippen LogP contribution in [-0.2, 0) is 16.4 Å². The van der Waals surface area contributed by atoms with Gasteiger partial charge >= 0.3 is 5.97 Å². The van der Waals surface area contributed by atoms with E-state index in [0.717, 1.165) is 6.07 Å². The molecule has 2 rings (SSSR count). The largest absolute Gasteiger partial charge is 0.478 e. The van der Waals surface area contributed by atoms with Crippen molar-refractivity contribution in [2.24, 2.45) is 0 Å². The summed E-state index contributed by atoms with van der Waals surface area (Å²) in [5.41, 5.74) is -0.170. The zero-order chi connectivity index (χ0) is 15.6. The fraction of sp³-hybridized carbons (Fsp3) is 0.286. The maximum Gasteiger partial charge on any atom is 0.336 e. The van der Waals surface area contributed by atoms with Gasteiger partial charge in [0.25, 0.3) is 5.56 Å². The summed E-state index contributed by atoms with van der Waals surface area (Å²) in [6.07, 6.45) is 0. The lowest BCUT2D eigenvalue weighted by Crippen LogP contribution is -2.26. The zero-order valence-electron chi connectivity index (χ0n) is 11.4. The Morgan fingerprint density at radius 2 is 1.95 bits per heavy atom. The van der Waals surface area contributed by atoms with Crippen molar-refractivity contribution in [3.63, 3.8) is 0 Å². The van der Waals surface area contributed by atoms with Crippen molar-refractivity contribution >= 4 is 26.7 Å². The molecule has 0 aliphatic heterocycles. The standard InChI is InChI=1S/C14H15NO5S/c1-2-21(19,20)8-7-15-12-6-4-3-5-10(12)11(14(17)18)9-13(15)16/h3-6,9H,2,7-8H2,1H3,(H,17,18). The van der Waals surface area contributed by atoms with E-state index < -0.39 is 21.4 Å². The van der Waals surface area contributed by atoms with E-state index in [4.69, 9.17) is 5.11 Å². The van der Waals surface area contributed by atoms with E-state index in [9.17, 15) is 18.0 Å². The quantitative estimate of drug-likeness (QED) is 0.893. The number of carboxylic acid groups (broad SMARTS) is 1. The number of aryl methyl sites for hydroxylation is 1. The second-order valence-corrected chi connectivity index (χ2v) is 7.08. The number of hydrogen-bond donors (Lipinski definition) is 1. The van der Waals surface area contributed by atoms with Gasteiger partial charge in [0.05, 0.1) is 16.8 Å². The fourth-order valence-corrected chi connectivity index (χ4v) is 2.87. The summed E-state index contributed by atoms with van der Waals surface area (Å²) in [5.74, 6) is -1.33. The Labute approximate surface area is 121 Å². The minimum atomic E-state index is -3.21. The third-order valence-electron chi connectivity index (χ3n) is 3.31. The Balaban J connectivity index is 2.60. The van der Waals surface area contributed by atoms with Gasteiger partial charge < -0.3 is 9.67 Å². The second kappa shape index (κ2) is 5.69. The summed E-state index contributed by atoms with van der Waals surface area (Å²) >= 11 is 0. The van der Waals surface area contributed by atoms with Gasteiger partial charge in [-0.25, -0.2) is 13.2 Å². The predicted molar refractivity (Wildman–Crippen MR) is 79.5 cm³/mol. The van der Waals surface area contributed by atoms with E-state index in [2.05, 4.69) is 0 Å². The number of carboxylic acids is 1. The topological polar surface area (TPSA) is 93.4 Å². The van der Waals surface area contributed by atoms with Crippen LogP contribution in [0, 0.1) is 0 Å². The van der Waals surface area contributed by atoms with E-state index >= 15 is 0 Å². The van der Waals surface area contributed by atoms with Crippen molar-refractivity contribution < 1.29 is 18.3 Å². The maximum atomic E-state index is 12.1. The van der Waals surface area contributed by atoms with Crippen molar-refractivity contribution in [1.29, 1.82) is 0 Å². The van der Waals surface area contributed by atoms with Crippen LogP contribution in [0.3, 0.4) is 0 Å². The van der Waals surface area contributed by atoms with Gasteiger partial charge in [-0.05, 0) is 6.07 Å². The van der Waals surface area contributed by atoms with Crippen LogP contribution in [0.15, 0.2) is 35.1 Å². The van der Waals surface area contributed by atoms with Crippen LogP contribution in [0.4, 0.5) is 0 Å². The summed E-state index contributed by atoms with van der Waals surface area (Å²) in [7, 11) is -3.21. The highest BCUT2D eigenvalue weighted by Crippen LogP contribution is 2.17. The number of fused-ring (bicyclic) bond motifs is 1. The average Bonchev–Trinajstić information content (AvgIpc) is 2.45. The molecule has 0 radical (unpaired) electrons. The van der Waals surface area contributed by atoms with E-state index in [1.54, 1.807) is 31.2 Å². The molecule has 0 unspecified atom stereocenters. The summed E-state index contributed by atoms with van der Waals surface area (Å²) in [6, 6.07) is 7.60. The summed E-state index contributed by atoms with van der Waals surface area (Å²) in [6.45, 7) is 1.55. The van der Waals surface area contributed by atoms with E-state index in [1.165, 1.54) is 4.57 Å². The number of sulfone groups is 1. The number of benzene rings is 1. The first-order valence-corrected chi connectivity index (χ1v) is 8.24. The Kier molecular flexibility index (Phi) is 4.13. The average molecular weight is 309 g/mol.